The van der Waals surface area contributed by atoms with E-state index >= 15 is 0 Å². The van der Waals surface area contributed by atoms with Crippen LogP contribution in [0.15, 0.2) is 40.9 Å². The van der Waals surface area contributed by atoms with Gasteiger partial charge >= 0.3 is 0 Å². The number of nitrogens with zero attached hydrogens (tertiary/aromatic N) is 1. The summed E-state index contributed by atoms with van der Waals surface area (Å²) >= 11 is 17.9. The van der Waals surface area contributed by atoms with Crippen molar-refractivity contribution in [1.29, 1.82) is 0 Å². The molecule has 0 saturated heterocycles. The molecule has 8 heteroatoms. The first-order chi connectivity index (χ1) is 11.9. The highest BCUT2D eigenvalue weighted by molar-refractivity contribution is 6.37. The minimum Gasteiger partial charge on any atom is -0.505 e. The summed E-state index contributed by atoms with van der Waals surface area (Å²) < 4.78 is 5.17. The Morgan fingerprint density at radius 3 is 2.40 bits per heavy atom. The summed E-state index contributed by atoms with van der Waals surface area (Å²) in [5, 5.41) is 16.7. The molecule has 0 saturated carbocycles. The van der Waals surface area contributed by atoms with E-state index in [2.05, 4.69) is 10.5 Å². The molecule has 0 aliphatic rings. The fraction of sp³-hybridized carbons (Fsp3) is 0.0588. The lowest BCUT2D eigenvalue weighted by Gasteiger charge is -2.08. The van der Waals surface area contributed by atoms with Gasteiger partial charge in [-0.2, -0.15) is 0 Å². The van der Waals surface area contributed by atoms with Crippen LogP contribution in [0.25, 0.3) is 11.3 Å². The van der Waals surface area contributed by atoms with Crippen molar-refractivity contribution in [3.05, 3.63) is 62.8 Å². The van der Waals surface area contributed by atoms with Crippen LogP contribution in [-0.2, 0) is 0 Å². The van der Waals surface area contributed by atoms with Gasteiger partial charge in [-0.1, -0.05) is 58.2 Å². The average Bonchev–Trinajstić information content (AvgIpc) is 2.94. The highest BCUT2D eigenvalue weighted by atomic mass is 35.5. The Morgan fingerprint density at radius 1 is 1.12 bits per heavy atom. The van der Waals surface area contributed by atoms with E-state index in [1.165, 1.54) is 12.1 Å². The molecule has 1 amide bonds. The number of phenols is 1. The zero-order valence-corrected chi connectivity index (χ0v) is 15.1. The standard InChI is InChI=1S/C17H11Cl3N2O3/c1-8-14(15(22-25-8)10-4-2-3-5-11(10)18)17(24)21-9-6-12(19)16(23)13(20)7-9/h2-7,23H,1H3,(H,21,24). The topological polar surface area (TPSA) is 75.4 Å². The van der Waals surface area contributed by atoms with E-state index in [1.807, 2.05) is 0 Å². The van der Waals surface area contributed by atoms with E-state index in [0.29, 0.717) is 27.7 Å². The van der Waals surface area contributed by atoms with Crippen LogP contribution in [0.3, 0.4) is 0 Å². The van der Waals surface area contributed by atoms with Gasteiger partial charge in [-0.25, -0.2) is 0 Å². The molecule has 1 aromatic heterocycles. The Morgan fingerprint density at radius 2 is 1.76 bits per heavy atom. The van der Waals surface area contributed by atoms with Crippen molar-refractivity contribution in [3.63, 3.8) is 0 Å². The third-order valence-corrected chi connectivity index (χ3v) is 4.40. The van der Waals surface area contributed by atoms with Gasteiger partial charge in [-0.05, 0) is 25.1 Å². The molecular formula is C17H11Cl3N2O3. The van der Waals surface area contributed by atoms with Crippen LogP contribution < -0.4 is 5.32 Å². The molecule has 0 aliphatic carbocycles. The van der Waals surface area contributed by atoms with Gasteiger partial charge in [0.2, 0.25) is 0 Å². The van der Waals surface area contributed by atoms with E-state index in [-0.39, 0.29) is 21.4 Å². The molecular weight excluding hydrogens is 387 g/mol. The van der Waals surface area contributed by atoms with Crippen LogP contribution in [0.2, 0.25) is 15.1 Å². The fourth-order valence-electron chi connectivity index (χ4n) is 2.31. The van der Waals surface area contributed by atoms with Crippen molar-refractivity contribution in [2.45, 2.75) is 6.92 Å². The maximum atomic E-state index is 12.7. The van der Waals surface area contributed by atoms with Gasteiger partial charge in [0.25, 0.3) is 5.91 Å². The summed E-state index contributed by atoms with van der Waals surface area (Å²) in [7, 11) is 0. The molecule has 0 atom stereocenters. The van der Waals surface area contributed by atoms with Gasteiger partial charge in [0, 0.05) is 11.3 Å². The van der Waals surface area contributed by atoms with Crippen LogP contribution in [0.5, 0.6) is 5.75 Å². The van der Waals surface area contributed by atoms with Crippen molar-refractivity contribution < 1.29 is 14.4 Å². The fourth-order valence-corrected chi connectivity index (χ4v) is 3.02. The molecule has 2 N–H and O–H groups in total. The number of anilines is 1. The number of carbonyl (C=O) groups excluding carboxylic acids is 1. The first-order valence-electron chi connectivity index (χ1n) is 7.09. The zero-order valence-electron chi connectivity index (χ0n) is 12.8. The molecule has 0 radical (unpaired) electrons. The number of hydrogen-bond acceptors (Lipinski definition) is 4. The Hall–Kier alpha value is -2.21. The number of aryl methyl sites for hydroxylation is 1. The number of benzene rings is 2. The van der Waals surface area contributed by atoms with Crippen LogP contribution in [0, 0.1) is 6.92 Å². The molecule has 3 aromatic rings. The quantitative estimate of drug-likeness (QED) is 0.567. The van der Waals surface area contributed by atoms with Crippen LogP contribution in [-0.4, -0.2) is 16.2 Å². The average molecular weight is 398 g/mol. The molecule has 0 bridgehead atoms. The number of amides is 1. The minimum absolute atomic E-state index is 0.0242. The monoisotopic (exact) mass is 396 g/mol. The number of phenolic OH excluding ortho intramolecular Hbond substituents is 1. The highest BCUT2D eigenvalue weighted by Crippen LogP contribution is 2.35. The Balaban J connectivity index is 1.99. The third-order valence-electron chi connectivity index (χ3n) is 3.49. The van der Waals surface area contributed by atoms with E-state index in [9.17, 15) is 9.90 Å². The SMILES string of the molecule is Cc1onc(-c2ccccc2Cl)c1C(=O)Nc1cc(Cl)c(O)c(Cl)c1. The molecule has 3 rings (SSSR count). The maximum absolute atomic E-state index is 12.7. The Bertz CT molecular complexity index is 947. The summed E-state index contributed by atoms with van der Waals surface area (Å²) in [6, 6.07) is 9.77. The van der Waals surface area contributed by atoms with Crippen LogP contribution in [0.4, 0.5) is 5.69 Å². The number of aromatic nitrogens is 1. The van der Waals surface area contributed by atoms with E-state index in [1.54, 1.807) is 31.2 Å². The normalized spacial score (nSPS) is 10.7. The second-order valence-electron chi connectivity index (χ2n) is 5.18. The number of nitrogens with one attached hydrogen (secondary N) is 1. The lowest BCUT2D eigenvalue weighted by atomic mass is 10.1. The molecule has 0 fully saturated rings. The minimum atomic E-state index is -0.466. The molecule has 2 aromatic carbocycles. The molecule has 128 valence electrons. The molecule has 0 unspecified atom stereocenters. The molecule has 25 heavy (non-hydrogen) atoms. The van der Waals surface area contributed by atoms with E-state index in [4.69, 9.17) is 39.3 Å². The van der Waals surface area contributed by atoms with Gasteiger partial charge < -0.3 is 14.9 Å². The number of rotatable bonds is 3. The summed E-state index contributed by atoms with van der Waals surface area (Å²) in [5.74, 6) is -0.380. The molecule has 0 aliphatic heterocycles. The van der Waals surface area contributed by atoms with Crippen molar-refractivity contribution >= 4 is 46.4 Å². The number of hydrogen-bond donors (Lipinski definition) is 2. The van der Waals surface area contributed by atoms with Gasteiger partial charge in [0.1, 0.15) is 17.0 Å². The van der Waals surface area contributed by atoms with Crippen molar-refractivity contribution in [2.75, 3.05) is 5.32 Å². The molecule has 0 spiro atoms. The van der Waals surface area contributed by atoms with Crippen LogP contribution in [0.1, 0.15) is 16.1 Å². The summed E-state index contributed by atoms with van der Waals surface area (Å²) in [6.07, 6.45) is 0. The van der Waals surface area contributed by atoms with Gasteiger partial charge in [0.15, 0.2) is 5.75 Å². The largest absolute Gasteiger partial charge is 0.505 e. The number of halogens is 3. The lowest BCUT2D eigenvalue weighted by Crippen LogP contribution is -2.13. The highest BCUT2D eigenvalue weighted by Gasteiger charge is 2.23. The Kier molecular flexibility index (Phi) is 4.90. The predicted molar refractivity (Wildman–Crippen MR) is 97.8 cm³/mol. The first-order valence-corrected chi connectivity index (χ1v) is 8.22. The molecule has 5 nitrogen and oxygen atoms in total. The van der Waals surface area contributed by atoms with Crippen molar-refractivity contribution in [2.24, 2.45) is 0 Å². The van der Waals surface area contributed by atoms with Crippen LogP contribution >= 0.6 is 34.8 Å². The second-order valence-corrected chi connectivity index (χ2v) is 6.41. The van der Waals surface area contributed by atoms with E-state index < -0.39 is 5.91 Å². The second kappa shape index (κ2) is 6.96. The molecule has 1 heterocycles. The summed E-state index contributed by atoms with van der Waals surface area (Å²) in [5.41, 5.74) is 1.47. The Labute approximate surface area is 158 Å². The van der Waals surface area contributed by atoms with Crippen molar-refractivity contribution in [3.8, 4) is 17.0 Å². The first kappa shape index (κ1) is 17.6. The van der Waals surface area contributed by atoms with E-state index in [0.717, 1.165) is 0 Å². The summed E-state index contributed by atoms with van der Waals surface area (Å²) in [4.78, 5) is 12.7. The van der Waals surface area contributed by atoms with Gasteiger partial charge in [-0.15, -0.1) is 0 Å². The summed E-state index contributed by atoms with van der Waals surface area (Å²) in [6.45, 7) is 1.62. The number of aromatic hydroxyl groups is 1. The van der Waals surface area contributed by atoms with Gasteiger partial charge in [-0.3, -0.25) is 4.79 Å². The zero-order chi connectivity index (χ0) is 18.1. The van der Waals surface area contributed by atoms with Crippen molar-refractivity contribution in [1.82, 2.24) is 5.16 Å². The predicted octanol–water partition coefficient (Wildman–Crippen LogP) is 5.57. The maximum Gasteiger partial charge on any atom is 0.261 e. The lowest BCUT2D eigenvalue weighted by molar-refractivity contribution is 0.102. The smallest absolute Gasteiger partial charge is 0.261 e. The van der Waals surface area contributed by atoms with Gasteiger partial charge in [0.05, 0.1) is 15.1 Å². The number of carbonyl (C=O) groups is 1. The third kappa shape index (κ3) is 3.44.